The first kappa shape index (κ1) is 16.5. The van der Waals surface area contributed by atoms with Gasteiger partial charge < -0.3 is 15.5 Å². The van der Waals surface area contributed by atoms with Gasteiger partial charge in [-0.1, -0.05) is 54.6 Å². The number of nitrogens with one attached hydrogen (secondary N) is 2. The number of benzene rings is 2. The minimum absolute atomic E-state index is 0.0260. The second kappa shape index (κ2) is 7.05. The Kier molecular flexibility index (Phi) is 4.66. The topological polar surface area (TPSA) is 92.1 Å². The number of carbonyl (C=O) groups excluding carboxylic acids is 1. The molecule has 0 bridgehead atoms. The van der Waals surface area contributed by atoms with E-state index in [0.717, 1.165) is 11.1 Å². The van der Waals surface area contributed by atoms with Crippen LogP contribution in [0.1, 0.15) is 27.2 Å². The SMILES string of the molecule is Cc1oc(-c2ccccc2)cc1C(=O)NCc1ccc(C(=N)N)cc1. The summed E-state index contributed by atoms with van der Waals surface area (Å²) in [4.78, 5) is 12.4. The highest BCUT2D eigenvalue weighted by molar-refractivity contribution is 5.96. The van der Waals surface area contributed by atoms with Crippen molar-refractivity contribution in [2.75, 3.05) is 0 Å². The average Bonchev–Trinajstić information content (AvgIpc) is 3.02. The van der Waals surface area contributed by atoms with Gasteiger partial charge in [-0.05, 0) is 18.6 Å². The summed E-state index contributed by atoms with van der Waals surface area (Å²) in [7, 11) is 0. The summed E-state index contributed by atoms with van der Waals surface area (Å²) in [6.07, 6.45) is 0. The molecule has 1 aromatic heterocycles. The van der Waals surface area contributed by atoms with Crippen LogP contribution in [0.15, 0.2) is 65.1 Å². The third-order valence-electron chi connectivity index (χ3n) is 3.94. The Balaban J connectivity index is 1.69. The Morgan fingerprint density at radius 2 is 1.80 bits per heavy atom. The van der Waals surface area contributed by atoms with Gasteiger partial charge in [0.2, 0.25) is 0 Å². The van der Waals surface area contributed by atoms with E-state index < -0.39 is 0 Å². The van der Waals surface area contributed by atoms with Crippen LogP contribution >= 0.6 is 0 Å². The maximum Gasteiger partial charge on any atom is 0.255 e. The number of nitrogen functional groups attached to an aromatic ring is 1. The molecule has 0 aliphatic rings. The van der Waals surface area contributed by atoms with Crippen LogP contribution in [-0.2, 0) is 6.54 Å². The van der Waals surface area contributed by atoms with E-state index in [-0.39, 0.29) is 11.7 Å². The highest BCUT2D eigenvalue weighted by Gasteiger charge is 2.15. The molecule has 25 heavy (non-hydrogen) atoms. The van der Waals surface area contributed by atoms with Gasteiger partial charge in [-0.15, -0.1) is 0 Å². The van der Waals surface area contributed by atoms with Gasteiger partial charge in [0, 0.05) is 17.7 Å². The Bertz CT molecular complexity index is 896. The maximum atomic E-state index is 12.4. The Morgan fingerprint density at radius 1 is 1.12 bits per heavy atom. The first-order valence-electron chi connectivity index (χ1n) is 7.92. The van der Waals surface area contributed by atoms with Crippen molar-refractivity contribution in [3.63, 3.8) is 0 Å². The summed E-state index contributed by atoms with van der Waals surface area (Å²) in [6, 6.07) is 18.6. The van der Waals surface area contributed by atoms with Crippen molar-refractivity contribution < 1.29 is 9.21 Å². The summed E-state index contributed by atoms with van der Waals surface area (Å²) >= 11 is 0. The van der Waals surface area contributed by atoms with E-state index in [1.165, 1.54) is 0 Å². The molecule has 126 valence electrons. The zero-order chi connectivity index (χ0) is 17.8. The minimum atomic E-state index is -0.181. The summed E-state index contributed by atoms with van der Waals surface area (Å²) in [6.45, 7) is 2.17. The van der Waals surface area contributed by atoms with E-state index in [1.54, 1.807) is 25.1 Å². The number of amides is 1. The van der Waals surface area contributed by atoms with E-state index in [1.807, 2.05) is 42.5 Å². The highest BCUT2D eigenvalue weighted by Crippen LogP contribution is 2.25. The second-order valence-electron chi connectivity index (χ2n) is 5.74. The zero-order valence-corrected chi connectivity index (χ0v) is 13.9. The number of hydrogen-bond donors (Lipinski definition) is 3. The lowest BCUT2D eigenvalue weighted by atomic mass is 10.1. The van der Waals surface area contributed by atoms with Crippen molar-refractivity contribution in [2.45, 2.75) is 13.5 Å². The van der Waals surface area contributed by atoms with Crippen LogP contribution in [0.5, 0.6) is 0 Å². The van der Waals surface area contributed by atoms with Crippen molar-refractivity contribution in [3.8, 4) is 11.3 Å². The molecule has 0 atom stereocenters. The number of furan rings is 1. The quantitative estimate of drug-likeness (QED) is 0.493. The van der Waals surface area contributed by atoms with Crippen molar-refractivity contribution in [3.05, 3.63) is 83.1 Å². The van der Waals surface area contributed by atoms with Gasteiger partial charge in [-0.2, -0.15) is 0 Å². The van der Waals surface area contributed by atoms with Crippen LogP contribution < -0.4 is 11.1 Å². The minimum Gasteiger partial charge on any atom is -0.461 e. The maximum absolute atomic E-state index is 12.4. The predicted molar refractivity (Wildman–Crippen MR) is 97.5 cm³/mol. The van der Waals surface area contributed by atoms with Crippen molar-refractivity contribution in [2.24, 2.45) is 5.73 Å². The smallest absolute Gasteiger partial charge is 0.255 e. The molecule has 0 aliphatic heterocycles. The van der Waals surface area contributed by atoms with Gasteiger partial charge >= 0.3 is 0 Å². The molecule has 2 aromatic carbocycles. The van der Waals surface area contributed by atoms with E-state index in [4.69, 9.17) is 15.6 Å². The summed E-state index contributed by atoms with van der Waals surface area (Å²) in [5, 5.41) is 10.3. The molecule has 0 radical (unpaired) electrons. The molecule has 0 aliphatic carbocycles. The molecule has 1 heterocycles. The van der Waals surface area contributed by atoms with Crippen molar-refractivity contribution in [1.29, 1.82) is 5.41 Å². The number of aryl methyl sites for hydroxylation is 1. The van der Waals surface area contributed by atoms with Crippen LogP contribution in [0.25, 0.3) is 11.3 Å². The van der Waals surface area contributed by atoms with Gasteiger partial charge in [0.25, 0.3) is 5.91 Å². The van der Waals surface area contributed by atoms with Crippen LogP contribution in [0, 0.1) is 12.3 Å². The van der Waals surface area contributed by atoms with Crippen LogP contribution in [0.4, 0.5) is 0 Å². The normalized spacial score (nSPS) is 10.4. The van der Waals surface area contributed by atoms with E-state index in [9.17, 15) is 4.79 Å². The fraction of sp³-hybridized carbons (Fsp3) is 0.100. The molecule has 4 N–H and O–H groups in total. The first-order valence-corrected chi connectivity index (χ1v) is 7.92. The van der Waals surface area contributed by atoms with Crippen molar-refractivity contribution >= 4 is 11.7 Å². The third-order valence-corrected chi connectivity index (χ3v) is 3.94. The third kappa shape index (κ3) is 3.77. The molecule has 3 aromatic rings. The Labute approximate surface area is 146 Å². The molecule has 0 spiro atoms. The predicted octanol–water partition coefficient (Wildman–Crippen LogP) is 3.47. The summed E-state index contributed by atoms with van der Waals surface area (Å²) in [5.74, 6) is 1.11. The fourth-order valence-corrected chi connectivity index (χ4v) is 2.53. The largest absolute Gasteiger partial charge is 0.461 e. The molecule has 5 nitrogen and oxygen atoms in total. The number of hydrogen-bond acceptors (Lipinski definition) is 3. The van der Waals surface area contributed by atoms with Crippen LogP contribution in [0.3, 0.4) is 0 Å². The number of nitrogens with two attached hydrogens (primary N) is 1. The van der Waals surface area contributed by atoms with Gasteiger partial charge in [0.05, 0.1) is 5.56 Å². The molecule has 0 saturated carbocycles. The van der Waals surface area contributed by atoms with Gasteiger partial charge in [0.15, 0.2) is 0 Å². The second-order valence-corrected chi connectivity index (χ2v) is 5.74. The first-order chi connectivity index (χ1) is 12.0. The molecule has 5 heteroatoms. The number of rotatable bonds is 5. The zero-order valence-electron chi connectivity index (χ0n) is 13.9. The molecular formula is C20H19N3O2. The van der Waals surface area contributed by atoms with Crippen LogP contribution in [-0.4, -0.2) is 11.7 Å². The van der Waals surface area contributed by atoms with Crippen molar-refractivity contribution in [1.82, 2.24) is 5.32 Å². The molecule has 0 unspecified atom stereocenters. The molecule has 1 amide bonds. The lowest BCUT2D eigenvalue weighted by Gasteiger charge is -2.05. The standard InChI is InChI=1S/C20H19N3O2/c1-13-17(11-18(25-13)15-5-3-2-4-6-15)20(24)23-12-14-7-9-16(10-8-14)19(21)22/h2-11H,12H2,1H3,(H3,21,22)(H,23,24). The Morgan fingerprint density at radius 3 is 2.44 bits per heavy atom. The van der Waals surface area contributed by atoms with Gasteiger partial charge in [0.1, 0.15) is 17.4 Å². The number of carbonyl (C=O) groups is 1. The summed E-state index contributed by atoms with van der Waals surface area (Å²) < 4.78 is 5.72. The molecule has 0 saturated heterocycles. The summed E-state index contributed by atoms with van der Waals surface area (Å²) in [5.41, 5.74) is 8.49. The number of amidine groups is 1. The van der Waals surface area contributed by atoms with E-state index in [0.29, 0.717) is 29.2 Å². The van der Waals surface area contributed by atoms with E-state index in [2.05, 4.69) is 5.32 Å². The lowest BCUT2D eigenvalue weighted by Crippen LogP contribution is -2.23. The van der Waals surface area contributed by atoms with Gasteiger partial charge in [-0.25, -0.2) is 0 Å². The average molecular weight is 333 g/mol. The van der Waals surface area contributed by atoms with E-state index >= 15 is 0 Å². The highest BCUT2D eigenvalue weighted by atomic mass is 16.3. The molecule has 0 fully saturated rings. The van der Waals surface area contributed by atoms with Crippen LogP contribution in [0.2, 0.25) is 0 Å². The van der Waals surface area contributed by atoms with Gasteiger partial charge in [-0.3, -0.25) is 10.2 Å². The monoisotopic (exact) mass is 333 g/mol. The fourth-order valence-electron chi connectivity index (χ4n) is 2.53. The Hall–Kier alpha value is -3.34. The lowest BCUT2D eigenvalue weighted by molar-refractivity contribution is 0.0949. The molecular weight excluding hydrogens is 314 g/mol. The molecule has 3 rings (SSSR count).